The molecule has 0 heterocycles. The van der Waals surface area contributed by atoms with Crippen molar-refractivity contribution in [1.29, 1.82) is 0 Å². The number of benzene rings is 1. The number of nitrogens with one attached hydrogen (secondary N) is 1. The predicted molar refractivity (Wildman–Crippen MR) is 63.4 cm³/mol. The molecule has 1 fully saturated rings. The van der Waals surface area contributed by atoms with Crippen LogP contribution in [0.4, 0.5) is 0 Å². The van der Waals surface area contributed by atoms with Crippen molar-refractivity contribution in [3.8, 4) is 5.75 Å². The number of rotatable bonds is 4. The molecule has 1 aromatic rings. The third-order valence-corrected chi connectivity index (χ3v) is 3.22. The fraction of sp³-hybridized carbons (Fsp3) is 0.538. The highest BCUT2D eigenvalue weighted by Gasteiger charge is 2.23. The molecule has 3 nitrogen and oxygen atoms in total. The van der Waals surface area contributed by atoms with Gasteiger partial charge in [0.25, 0.3) is 0 Å². The van der Waals surface area contributed by atoms with Crippen LogP contribution in [0.1, 0.15) is 24.8 Å². The Balaban J connectivity index is 1.80. The van der Waals surface area contributed by atoms with E-state index in [0.717, 1.165) is 24.9 Å². The van der Waals surface area contributed by atoms with E-state index in [1.807, 2.05) is 12.1 Å². The maximum absolute atomic E-state index is 9.34. The SMILES string of the molecule is COC1CCC(NCc2cccc(O)c2)C1. The molecule has 16 heavy (non-hydrogen) atoms. The molecule has 1 aromatic carbocycles. The molecule has 2 atom stereocenters. The van der Waals surface area contributed by atoms with Gasteiger partial charge >= 0.3 is 0 Å². The van der Waals surface area contributed by atoms with E-state index in [4.69, 9.17) is 4.74 Å². The summed E-state index contributed by atoms with van der Waals surface area (Å²) in [5.41, 5.74) is 1.13. The molecular weight excluding hydrogens is 202 g/mol. The van der Waals surface area contributed by atoms with Crippen molar-refractivity contribution in [2.75, 3.05) is 7.11 Å². The van der Waals surface area contributed by atoms with E-state index in [2.05, 4.69) is 5.32 Å². The Labute approximate surface area is 96.4 Å². The van der Waals surface area contributed by atoms with Gasteiger partial charge in [-0.05, 0) is 37.0 Å². The Morgan fingerprint density at radius 1 is 1.44 bits per heavy atom. The summed E-state index contributed by atoms with van der Waals surface area (Å²) in [5, 5.41) is 12.8. The van der Waals surface area contributed by atoms with Crippen LogP contribution in [0, 0.1) is 0 Å². The molecule has 0 radical (unpaired) electrons. The average molecular weight is 221 g/mol. The van der Waals surface area contributed by atoms with E-state index >= 15 is 0 Å². The average Bonchev–Trinajstić information content (AvgIpc) is 2.74. The third-order valence-electron chi connectivity index (χ3n) is 3.22. The van der Waals surface area contributed by atoms with Gasteiger partial charge in [-0.3, -0.25) is 0 Å². The number of hydrogen-bond acceptors (Lipinski definition) is 3. The van der Waals surface area contributed by atoms with Gasteiger partial charge in [0.05, 0.1) is 6.10 Å². The minimum absolute atomic E-state index is 0.334. The normalized spacial score (nSPS) is 24.8. The van der Waals surface area contributed by atoms with Crippen LogP contribution in [0.5, 0.6) is 5.75 Å². The lowest BCUT2D eigenvalue weighted by atomic mass is 10.2. The molecule has 3 heteroatoms. The molecule has 2 N–H and O–H groups in total. The second-order valence-corrected chi connectivity index (χ2v) is 4.42. The van der Waals surface area contributed by atoms with Crippen molar-refractivity contribution in [2.24, 2.45) is 0 Å². The lowest BCUT2D eigenvalue weighted by Crippen LogP contribution is -2.26. The first-order valence-electron chi connectivity index (χ1n) is 5.82. The largest absolute Gasteiger partial charge is 0.508 e. The molecule has 0 aliphatic heterocycles. The summed E-state index contributed by atoms with van der Waals surface area (Å²) in [6.45, 7) is 0.815. The number of phenolic OH excluding ortho intramolecular Hbond substituents is 1. The van der Waals surface area contributed by atoms with E-state index in [0.29, 0.717) is 17.9 Å². The van der Waals surface area contributed by atoms with Crippen molar-refractivity contribution in [3.05, 3.63) is 29.8 Å². The fourth-order valence-electron chi connectivity index (χ4n) is 2.27. The van der Waals surface area contributed by atoms with Gasteiger partial charge in [-0.1, -0.05) is 12.1 Å². The predicted octanol–water partition coefficient (Wildman–Crippen LogP) is 2.05. The highest BCUT2D eigenvalue weighted by molar-refractivity contribution is 5.26. The van der Waals surface area contributed by atoms with Crippen LogP contribution < -0.4 is 5.32 Å². The third kappa shape index (κ3) is 2.97. The van der Waals surface area contributed by atoms with E-state index < -0.39 is 0 Å². The lowest BCUT2D eigenvalue weighted by molar-refractivity contribution is 0.107. The van der Waals surface area contributed by atoms with Crippen molar-refractivity contribution >= 4 is 0 Å². The van der Waals surface area contributed by atoms with Crippen LogP contribution in [0.2, 0.25) is 0 Å². The van der Waals surface area contributed by atoms with Gasteiger partial charge < -0.3 is 15.2 Å². The van der Waals surface area contributed by atoms with Crippen molar-refractivity contribution in [3.63, 3.8) is 0 Å². The van der Waals surface area contributed by atoms with E-state index in [1.54, 1.807) is 19.2 Å². The van der Waals surface area contributed by atoms with Crippen molar-refractivity contribution in [2.45, 2.75) is 38.0 Å². The molecule has 0 aromatic heterocycles. The molecule has 0 saturated heterocycles. The number of aromatic hydroxyl groups is 1. The van der Waals surface area contributed by atoms with Gasteiger partial charge in [0.2, 0.25) is 0 Å². The van der Waals surface area contributed by atoms with E-state index in [1.165, 1.54) is 6.42 Å². The van der Waals surface area contributed by atoms with Gasteiger partial charge in [0.15, 0.2) is 0 Å². The highest BCUT2D eigenvalue weighted by Crippen LogP contribution is 2.21. The zero-order chi connectivity index (χ0) is 11.4. The zero-order valence-electron chi connectivity index (χ0n) is 9.65. The van der Waals surface area contributed by atoms with Crippen LogP contribution in [-0.4, -0.2) is 24.4 Å². The maximum Gasteiger partial charge on any atom is 0.115 e. The minimum atomic E-state index is 0.334. The molecule has 0 spiro atoms. The van der Waals surface area contributed by atoms with Gasteiger partial charge in [0.1, 0.15) is 5.75 Å². The van der Waals surface area contributed by atoms with Crippen LogP contribution in [-0.2, 0) is 11.3 Å². The van der Waals surface area contributed by atoms with Gasteiger partial charge in [-0.2, -0.15) is 0 Å². The number of ether oxygens (including phenoxy) is 1. The Hall–Kier alpha value is -1.06. The fourth-order valence-corrected chi connectivity index (χ4v) is 2.27. The second kappa shape index (κ2) is 5.32. The monoisotopic (exact) mass is 221 g/mol. The first kappa shape index (κ1) is 11.4. The van der Waals surface area contributed by atoms with Gasteiger partial charge in [-0.15, -0.1) is 0 Å². The molecule has 0 amide bonds. The smallest absolute Gasteiger partial charge is 0.115 e. The standard InChI is InChI=1S/C13H19NO2/c1-16-13-6-5-11(8-13)14-9-10-3-2-4-12(15)7-10/h2-4,7,11,13-15H,5-6,8-9H2,1H3. The first-order chi connectivity index (χ1) is 7.78. The maximum atomic E-state index is 9.34. The number of phenols is 1. The molecule has 1 aliphatic carbocycles. The van der Waals surface area contributed by atoms with Gasteiger partial charge in [-0.25, -0.2) is 0 Å². The summed E-state index contributed by atoms with van der Waals surface area (Å²) >= 11 is 0. The highest BCUT2D eigenvalue weighted by atomic mass is 16.5. The lowest BCUT2D eigenvalue weighted by Gasteiger charge is -2.12. The Kier molecular flexibility index (Phi) is 3.80. The Morgan fingerprint density at radius 3 is 3.00 bits per heavy atom. The summed E-state index contributed by atoms with van der Waals surface area (Å²) in [5.74, 6) is 0.334. The van der Waals surface area contributed by atoms with Crippen molar-refractivity contribution < 1.29 is 9.84 Å². The second-order valence-electron chi connectivity index (χ2n) is 4.42. The zero-order valence-corrected chi connectivity index (χ0v) is 9.65. The molecule has 88 valence electrons. The molecule has 0 bridgehead atoms. The molecule has 2 rings (SSSR count). The van der Waals surface area contributed by atoms with E-state index in [9.17, 15) is 5.11 Å². The quantitative estimate of drug-likeness (QED) is 0.817. The van der Waals surface area contributed by atoms with Crippen LogP contribution >= 0.6 is 0 Å². The summed E-state index contributed by atoms with van der Waals surface area (Å²) in [4.78, 5) is 0. The van der Waals surface area contributed by atoms with Crippen LogP contribution in [0.25, 0.3) is 0 Å². The number of hydrogen-bond donors (Lipinski definition) is 2. The Morgan fingerprint density at radius 2 is 2.31 bits per heavy atom. The first-order valence-corrected chi connectivity index (χ1v) is 5.82. The molecule has 2 unspecified atom stereocenters. The summed E-state index contributed by atoms with van der Waals surface area (Å²) in [6.07, 6.45) is 3.84. The molecule has 1 saturated carbocycles. The van der Waals surface area contributed by atoms with E-state index in [-0.39, 0.29) is 0 Å². The van der Waals surface area contributed by atoms with Crippen LogP contribution in [0.3, 0.4) is 0 Å². The van der Waals surface area contributed by atoms with Crippen molar-refractivity contribution in [1.82, 2.24) is 5.32 Å². The number of methoxy groups -OCH3 is 1. The summed E-state index contributed by atoms with van der Waals surface area (Å²) in [7, 11) is 1.78. The minimum Gasteiger partial charge on any atom is -0.508 e. The summed E-state index contributed by atoms with van der Waals surface area (Å²) in [6, 6.07) is 7.94. The summed E-state index contributed by atoms with van der Waals surface area (Å²) < 4.78 is 5.33. The van der Waals surface area contributed by atoms with Crippen LogP contribution in [0.15, 0.2) is 24.3 Å². The molecule has 1 aliphatic rings. The van der Waals surface area contributed by atoms with Gasteiger partial charge in [0, 0.05) is 19.7 Å². The topological polar surface area (TPSA) is 41.5 Å². The molecular formula is C13H19NO2. The Bertz CT molecular complexity index is 340.